The standard InChI is InChI=1S/C4H11B.C2H6O/c1-2-3-4-5;1-3-2/h2-5H2,1H3;1-2H3. The normalized spacial score (nSPS) is 7.38. The monoisotopic (exact) mass is 116 g/mol. The van der Waals surface area contributed by atoms with Crippen LogP contribution in [0.1, 0.15) is 19.8 Å². The summed E-state index contributed by atoms with van der Waals surface area (Å²) in [6.07, 6.45) is 4.08. The fraction of sp³-hybridized carbons (Fsp3) is 1.00. The van der Waals surface area contributed by atoms with Gasteiger partial charge in [-0.15, -0.1) is 0 Å². The van der Waals surface area contributed by atoms with E-state index in [9.17, 15) is 0 Å². The SMILES string of the molecule is BCCCC.COC. The highest BCUT2D eigenvalue weighted by atomic mass is 16.4. The Labute approximate surface area is 53.8 Å². The molecular weight excluding hydrogens is 98.9 g/mol. The van der Waals surface area contributed by atoms with Gasteiger partial charge in [0.25, 0.3) is 0 Å². The average molecular weight is 116 g/mol. The first-order valence-electron chi connectivity index (χ1n) is 3.23. The third-order valence-corrected chi connectivity index (χ3v) is 0.707. The van der Waals surface area contributed by atoms with Gasteiger partial charge in [-0.25, -0.2) is 0 Å². The molecule has 0 aliphatic rings. The zero-order valence-corrected chi connectivity index (χ0v) is 6.53. The highest BCUT2D eigenvalue weighted by Crippen LogP contribution is 1.86. The maximum atomic E-state index is 4.25. The third kappa shape index (κ3) is 37.1. The smallest absolute Gasteiger partial charge is 0.101 e. The van der Waals surface area contributed by atoms with Gasteiger partial charge in [0, 0.05) is 14.2 Å². The molecule has 0 aromatic carbocycles. The van der Waals surface area contributed by atoms with Crippen LogP contribution in [0.2, 0.25) is 6.32 Å². The summed E-state index contributed by atoms with van der Waals surface area (Å²) in [5, 5.41) is 0. The molecule has 0 radical (unpaired) electrons. The van der Waals surface area contributed by atoms with Crippen LogP contribution in [-0.2, 0) is 4.74 Å². The van der Waals surface area contributed by atoms with Gasteiger partial charge in [-0.1, -0.05) is 26.1 Å². The lowest BCUT2D eigenvalue weighted by molar-refractivity contribution is 0.277. The van der Waals surface area contributed by atoms with Crippen molar-refractivity contribution in [3.8, 4) is 0 Å². The zero-order chi connectivity index (χ0) is 6.83. The summed E-state index contributed by atoms with van der Waals surface area (Å²) >= 11 is 0. The van der Waals surface area contributed by atoms with Gasteiger partial charge in [0.15, 0.2) is 0 Å². The van der Waals surface area contributed by atoms with Gasteiger partial charge in [-0.05, 0) is 0 Å². The van der Waals surface area contributed by atoms with Crippen LogP contribution in [0.3, 0.4) is 0 Å². The molecule has 1 nitrogen and oxygen atoms in total. The molecule has 0 saturated carbocycles. The molecule has 2 heteroatoms. The Morgan fingerprint density at radius 2 is 1.75 bits per heavy atom. The van der Waals surface area contributed by atoms with E-state index >= 15 is 0 Å². The molecule has 0 spiro atoms. The first-order valence-corrected chi connectivity index (χ1v) is 3.23. The minimum atomic E-state index is 1.34. The molecule has 0 saturated heterocycles. The van der Waals surface area contributed by atoms with Crippen molar-refractivity contribution in [3.63, 3.8) is 0 Å². The van der Waals surface area contributed by atoms with Crippen LogP contribution in [0.5, 0.6) is 0 Å². The van der Waals surface area contributed by atoms with Gasteiger partial charge >= 0.3 is 0 Å². The lowest BCUT2D eigenvalue weighted by Crippen LogP contribution is -1.63. The molecule has 0 atom stereocenters. The minimum Gasteiger partial charge on any atom is -0.388 e. The largest absolute Gasteiger partial charge is 0.388 e. The topological polar surface area (TPSA) is 9.23 Å². The third-order valence-electron chi connectivity index (χ3n) is 0.707. The van der Waals surface area contributed by atoms with E-state index in [0.717, 1.165) is 0 Å². The summed E-state index contributed by atoms with van der Waals surface area (Å²) in [4.78, 5) is 0. The second-order valence-electron chi connectivity index (χ2n) is 1.76. The molecule has 0 aromatic rings. The Hall–Kier alpha value is 0.0249. The summed E-state index contributed by atoms with van der Waals surface area (Å²) in [7, 11) is 5.46. The number of hydrogen-bond acceptors (Lipinski definition) is 1. The van der Waals surface area contributed by atoms with Crippen molar-refractivity contribution in [2.75, 3.05) is 14.2 Å². The van der Waals surface area contributed by atoms with E-state index in [4.69, 9.17) is 0 Å². The molecule has 0 heterocycles. The fourth-order valence-electron chi connectivity index (χ4n) is 0.354. The van der Waals surface area contributed by atoms with E-state index in [2.05, 4.69) is 19.5 Å². The maximum Gasteiger partial charge on any atom is 0.101 e. The molecule has 0 aliphatic carbocycles. The molecule has 0 amide bonds. The van der Waals surface area contributed by atoms with Crippen molar-refractivity contribution in [1.82, 2.24) is 0 Å². The fourth-order valence-corrected chi connectivity index (χ4v) is 0.354. The molecule has 0 unspecified atom stereocenters. The van der Waals surface area contributed by atoms with Crippen LogP contribution in [0.25, 0.3) is 0 Å². The van der Waals surface area contributed by atoms with Crippen LogP contribution >= 0.6 is 0 Å². The molecule has 8 heavy (non-hydrogen) atoms. The highest BCUT2D eigenvalue weighted by molar-refractivity contribution is 6.08. The molecule has 0 aromatic heterocycles. The number of methoxy groups -OCH3 is 1. The Kier molecular flexibility index (Phi) is 21.5. The summed E-state index contributed by atoms with van der Waals surface area (Å²) in [6, 6.07) is 0. The number of hydrogen-bond donors (Lipinski definition) is 0. The lowest BCUT2D eigenvalue weighted by Gasteiger charge is -1.78. The lowest BCUT2D eigenvalue weighted by atomic mass is 10.0. The molecular formula is C6H17BO. The predicted octanol–water partition coefficient (Wildman–Crippen LogP) is 1.10. The molecule has 0 fully saturated rings. The number of ether oxygens (including phenoxy) is 1. The first kappa shape index (κ1) is 10.9. The van der Waals surface area contributed by atoms with Gasteiger partial charge in [0.05, 0.1) is 0 Å². The van der Waals surface area contributed by atoms with Crippen LogP contribution < -0.4 is 0 Å². The van der Waals surface area contributed by atoms with E-state index < -0.39 is 0 Å². The molecule has 0 aliphatic heterocycles. The number of rotatable bonds is 2. The average Bonchev–Trinajstić information content (AvgIpc) is 1.71. The number of unbranched alkanes of at least 4 members (excludes halogenated alkanes) is 1. The first-order chi connectivity index (χ1) is 3.83. The van der Waals surface area contributed by atoms with Crippen molar-refractivity contribution < 1.29 is 4.74 Å². The van der Waals surface area contributed by atoms with E-state index in [0.29, 0.717) is 0 Å². The Morgan fingerprint density at radius 1 is 1.38 bits per heavy atom. The van der Waals surface area contributed by atoms with Gasteiger partial charge in [-0.2, -0.15) is 0 Å². The summed E-state index contributed by atoms with van der Waals surface area (Å²) in [5.41, 5.74) is 0. The maximum absolute atomic E-state index is 4.25. The van der Waals surface area contributed by atoms with Crippen LogP contribution in [0.15, 0.2) is 0 Å². The van der Waals surface area contributed by atoms with Crippen molar-refractivity contribution in [1.29, 1.82) is 0 Å². The zero-order valence-electron chi connectivity index (χ0n) is 6.53. The molecule has 50 valence electrons. The Morgan fingerprint density at radius 3 is 1.75 bits per heavy atom. The van der Waals surface area contributed by atoms with Gasteiger partial charge in [0.1, 0.15) is 7.85 Å². The molecule has 0 bridgehead atoms. The molecule has 0 rings (SSSR count). The summed E-state index contributed by atoms with van der Waals surface area (Å²) in [6.45, 7) is 2.21. The summed E-state index contributed by atoms with van der Waals surface area (Å²) < 4.78 is 4.25. The van der Waals surface area contributed by atoms with Gasteiger partial charge in [0.2, 0.25) is 0 Å². The van der Waals surface area contributed by atoms with E-state index in [1.807, 2.05) is 0 Å². The van der Waals surface area contributed by atoms with Crippen LogP contribution in [0.4, 0.5) is 0 Å². The van der Waals surface area contributed by atoms with Crippen LogP contribution in [0, 0.1) is 0 Å². The van der Waals surface area contributed by atoms with Gasteiger partial charge < -0.3 is 4.74 Å². The van der Waals surface area contributed by atoms with Crippen molar-refractivity contribution in [2.45, 2.75) is 26.1 Å². The highest BCUT2D eigenvalue weighted by Gasteiger charge is 1.68. The Balaban J connectivity index is 0. The van der Waals surface area contributed by atoms with E-state index in [1.54, 1.807) is 14.2 Å². The van der Waals surface area contributed by atoms with E-state index in [1.165, 1.54) is 19.2 Å². The van der Waals surface area contributed by atoms with E-state index in [-0.39, 0.29) is 0 Å². The molecule has 0 N–H and O–H groups in total. The van der Waals surface area contributed by atoms with Crippen LogP contribution in [-0.4, -0.2) is 22.1 Å². The second kappa shape index (κ2) is 15.7. The van der Waals surface area contributed by atoms with Crippen molar-refractivity contribution >= 4 is 7.85 Å². The van der Waals surface area contributed by atoms with Gasteiger partial charge in [-0.3, -0.25) is 0 Å². The summed E-state index contributed by atoms with van der Waals surface area (Å²) in [5.74, 6) is 0. The van der Waals surface area contributed by atoms with Crippen molar-refractivity contribution in [3.05, 3.63) is 0 Å². The quantitative estimate of drug-likeness (QED) is 0.491. The Bertz CT molecular complexity index is 22.5. The van der Waals surface area contributed by atoms with Crippen molar-refractivity contribution in [2.24, 2.45) is 0 Å². The minimum absolute atomic E-state index is 1.34. The second-order valence-corrected chi connectivity index (χ2v) is 1.76. The predicted molar refractivity (Wildman–Crippen MR) is 41.2 cm³/mol.